The average Bonchev–Trinajstić information content (AvgIpc) is 2.26. The molecule has 0 fully saturated rings. The highest BCUT2D eigenvalue weighted by molar-refractivity contribution is 6.03. The molecule has 0 spiro atoms. The van der Waals surface area contributed by atoms with Gasteiger partial charge in [0.05, 0.1) is 18.3 Å². The Labute approximate surface area is 110 Å². The summed E-state index contributed by atoms with van der Waals surface area (Å²) < 4.78 is 14.6. The molecule has 6 nitrogen and oxygen atoms in total. The van der Waals surface area contributed by atoms with E-state index in [-0.39, 0.29) is 29.6 Å². The van der Waals surface area contributed by atoms with Gasteiger partial charge in [-0.3, -0.25) is 0 Å². The lowest BCUT2D eigenvalue weighted by atomic mass is 10.1. The fourth-order valence-electron chi connectivity index (χ4n) is 1.51. The van der Waals surface area contributed by atoms with Gasteiger partial charge in [0.15, 0.2) is 0 Å². The maximum absolute atomic E-state index is 11.9. The van der Waals surface area contributed by atoms with E-state index in [1.165, 1.54) is 6.92 Å². The lowest BCUT2D eigenvalue weighted by Crippen LogP contribution is -2.21. The molecule has 0 aromatic carbocycles. The second-order valence-corrected chi connectivity index (χ2v) is 4.08. The minimum atomic E-state index is -0.755. The minimum Gasteiger partial charge on any atom is -0.462 e. The van der Waals surface area contributed by atoms with Gasteiger partial charge in [-0.2, -0.15) is 0 Å². The van der Waals surface area contributed by atoms with E-state index in [1.54, 1.807) is 20.8 Å². The molecule has 0 aliphatic rings. The Bertz CT molecular complexity index is 541. The SMILES string of the molecule is CCOC(=O)c1cc(=O)oc(C)c1C(=O)OC(C)C. The standard InChI is InChI=1S/C13H16O6/c1-5-17-12(15)9-6-10(14)19-8(4)11(9)13(16)18-7(2)3/h6-7H,5H2,1-4H3. The quantitative estimate of drug-likeness (QED) is 0.773. The Balaban J connectivity index is 3.32. The molecule has 19 heavy (non-hydrogen) atoms. The van der Waals surface area contributed by atoms with E-state index in [0.29, 0.717) is 0 Å². The smallest absolute Gasteiger partial charge is 0.342 e. The molecule has 0 unspecified atom stereocenters. The molecule has 0 atom stereocenters. The summed E-state index contributed by atoms with van der Waals surface area (Å²) in [4.78, 5) is 35.0. The predicted molar refractivity (Wildman–Crippen MR) is 66.2 cm³/mol. The summed E-state index contributed by atoms with van der Waals surface area (Å²) in [7, 11) is 0. The number of aryl methyl sites for hydroxylation is 1. The Morgan fingerprint density at radius 3 is 2.47 bits per heavy atom. The summed E-state index contributed by atoms with van der Waals surface area (Å²) in [6.45, 7) is 6.53. The summed E-state index contributed by atoms with van der Waals surface area (Å²) in [5, 5.41) is 0. The molecular formula is C13H16O6. The lowest BCUT2D eigenvalue weighted by Gasteiger charge is -2.12. The summed E-state index contributed by atoms with van der Waals surface area (Å²) in [5.74, 6) is -1.45. The van der Waals surface area contributed by atoms with Gasteiger partial charge in [-0.15, -0.1) is 0 Å². The van der Waals surface area contributed by atoms with Crippen LogP contribution in [0.15, 0.2) is 15.3 Å². The molecule has 1 aromatic rings. The van der Waals surface area contributed by atoms with Crippen molar-refractivity contribution in [1.29, 1.82) is 0 Å². The van der Waals surface area contributed by atoms with Crippen LogP contribution in [0.2, 0.25) is 0 Å². The van der Waals surface area contributed by atoms with Crippen LogP contribution >= 0.6 is 0 Å². The normalized spacial score (nSPS) is 10.4. The van der Waals surface area contributed by atoms with Crippen LogP contribution in [-0.2, 0) is 9.47 Å². The summed E-state index contributed by atoms with van der Waals surface area (Å²) in [6.07, 6.45) is -0.353. The third kappa shape index (κ3) is 3.67. The van der Waals surface area contributed by atoms with E-state index in [9.17, 15) is 14.4 Å². The van der Waals surface area contributed by atoms with Gasteiger partial charge < -0.3 is 13.9 Å². The Kier molecular flexibility index (Phi) is 4.86. The van der Waals surface area contributed by atoms with Gasteiger partial charge >= 0.3 is 17.6 Å². The van der Waals surface area contributed by atoms with Crippen molar-refractivity contribution >= 4 is 11.9 Å². The topological polar surface area (TPSA) is 82.8 Å². The molecule has 0 amide bonds. The number of hydrogen-bond acceptors (Lipinski definition) is 6. The molecule has 0 saturated heterocycles. The van der Waals surface area contributed by atoms with Gasteiger partial charge in [-0.25, -0.2) is 14.4 Å². The molecule has 6 heteroatoms. The van der Waals surface area contributed by atoms with Gasteiger partial charge in [0, 0.05) is 6.07 Å². The monoisotopic (exact) mass is 268 g/mol. The zero-order valence-corrected chi connectivity index (χ0v) is 11.3. The highest BCUT2D eigenvalue weighted by Crippen LogP contribution is 2.15. The number of ether oxygens (including phenoxy) is 2. The highest BCUT2D eigenvalue weighted by atomic mass is 16.5. The zero-order chi connectivity index (χ0) is 14.6. The van der Waals surface area contributed by atoms with Crippen LogP contribution in [0.3, 0.4) is 0 Å². The van der Waals surface area contributed by atoms with Crippen LogP contribution in [0.5, 0.6) is 0 Å². The molecule has 0 aliphatic heterocycles. The highest BCUT2D eigenvalue weighted by Gasteiger charge is 2.25. The molecule has 0 N–H and O–H groups in total. The van der Waals surface area contributed by atoms with Crippen molar-refractivity contribution in [2.75, 3.05) is 6.61 Å². The van der Waals surface area contributed by atoms with Crippen molar-refractivity contribution in [3.8, 4) is 0 Å². The van der Waals surface area contributed by atoms with Crippen LogP contribution in [0, 0.1) is 6.92 Å². The van der Waals surface area contributed by atoms with Crippen LogP contribution < -0.4 is 5.63 Å². The molecule has 0 bridgehead atoms. The van der Waals surface area contributed by atoms with E-state index in [0.717, 1.165) is 6.07 Å². The largest absolute Gasteiger partial charge is 0.462 e. The Hall–Kier alpha value is -2.11. The first kappa shape index (κ1) is 14.9. The predicted octanol–water partition coefficient (Wildman–Crippen LogP) is 1.69. The van der Waals surface area contributed by atoms with Crippen LogP contribution in [0.25, 0.3) is 0 Å². The molecule has 1 rings (SSSR count). The molecule has 0 radical (unpaired) electrons. The molecular weight excluding hydrogens is 252 g/mol. The molecule has 0 saturated carbocycles. The van der Waals surface area contributed by atoms with Crippen LogP contribution in [0.4, 0.5) is 0 Å². The second kappa shape index (κ2) is 6.17. The molecule has 1 aromatic heterocycles. The first-order valence-electron chi connectivity index (χ1n) is 5.89. The van der Waals surface area contributed by atoms with E-state index in [2.05, 4.69) is 0 Å². The number of esters is 2. The summed E-state index contributed by atoms with van der Waals surface area (Å²) >= 11 is 0. The van der Waals surface area contributed by atoms with Crippen molar-refractivity contribution in [3.63, 3.8) is 0 Å². The first-order chi connectivity index (χ1) is 8.86. The van der Waals surface area contributed by atoms with Gasteiger partial charge in [0.25, 0.3) is 0 Å². The maximum Gasteiger partial charge on any atom is 0.342 e. The average molecular weight is 268 g/mol. The van der Waals surface area contributed by atoms with Gasteiger partial charge in [-0.05, 0) is 27.7 Å². The minimum absolute atomic E-state index is 0.0289. The van der Waals surface area contributed by atoms with E-state index in [1.807, 2.05) is 0 Å². The third-order valence-corrected chi connectivity index (χ3v) is 2.18. The zero-order valence-electron chi connectivity index (χ0n) is 11.3. The van der Waals surface area contributed by atoms with E-state index in [4.69, 9.17) is 13.9 Å². The van der Waals surface area contributed by atoms with E-state index >= 15 is 0 Å². The maximum atomic E-state index is 11.9. The summed E-state index contributed by atoms with van der Waals surface area (Å²) in [6, 6.07) is 0.932. The molecule has 0 aliphatic carbocycles. The van der Waals surface area contributed by atoms with Gasteiger partial charge in [0.2, 0.25) is 0 Å². The number of carbonyl (C=O) groups is 2. The van der Waals surface area contributed by atoms with Gasteiger partial charge in [0.1, 0.15) is 11.3 Å². The van der Waals surface area contributed by atoms with Crippen LogP contribution in [-0.4, -0.2) is 24.6 Å². The van der Waals surface area contributed by atoms with Crippen molar-refractivity contribution in [2.45, 2.75) is 33.8 Å². The fourth-order valence-corrected chi connectivity index (χ4v) is 1.51. The third-order valence-electron chi connectivity index (χ3n) is 2.18. The molecule has 1 heterocycles. The van der Waals surface area contributed by atoms with Crippen LogP contribution in [0.1, 0.15) is 47.2 Å². The number of carbonyl (C=O) groups excluding carboxylic acids is 2. The first-order valence-corrected chi connectivity index (χ1v) is 5.89. The number of hydrogen-bond donors (Lipinski definition) is 0. The summed E-state index contributed by atoms with van der Waals surface area (Å²) in [5.41, 5.74) is -0.936. The Morgan fingerprint density at radius 2 is 1.95 bits per heavy atom. The lowest BCUT2D eigenvalue weighted by molar-refractivity contribution is 0.0358. The van der Waals surface area contributed by atoms with Crippen molar-refractivity contribution in [1.82, 2.24) is 0 Å². The van der Waals surface area contributed by atoms with Crippen molar-refractivity contribution in [3.05, 3.63) is 33.4 Å². The molecule has 104 valence electrons. The fraction of sp³-hybridized carbons (Fsp3) is 0.462. The number of rotatable bonds is 4. The Morgan fingerprint density at radius 1 is 1.32 bits per heavy atom. The van der Waals surface area contributed by atoms with E-state index < -0.39 is 17.6 Å². The van der Waals surface area contributed by atoms with Gasteiger partial charge in [-0.1, -0.05) is 0 Å². The van der Waals surface area contributed by atoms with Crippen molar-refractivity contribution in [2.24, 2.45) is 0 Å². The van der Waals surface area contributed by atoms with Crippen molar-refractivity contribution < 1.29 is 23.5 Å². The second-order valence-electron chi connectivity index (χ2n) is 4.08.